The van der Waals surface area contributed by atoms with Crippen LogP contribution in [0.2, 0.25) is 0 Å². The second-order valence-corrected chi connectivity index (χ2v) is 6.41. The van der Waals surface area contributed by atoms with Crippen molar-refractivity contribution in [2.45, 2.75) is 59.8 Å². The molecule has 1 aromatic carbocycles. The van der Waals surface area contributed by atoms with Crippen LogP contribution in [0.25, 0.3) is 11.4 Å². The molecule has 0 atom stereocenters. The topological polar surface area (TPSA) is 25.8 Å². The Kier molecular flexibility index (Phi) is 4.76. The second-order valence-electron chi connectivity index (χ2n) is 6.41. The average Bonchev–Trinajstić information content (AvgIpc) is 2.45. The van der Waals surface area contributed by atoms with Crippen molar-refractivity contribution in [2.75, 3.05) is 0 Å². The smallest absolute Gasteiger partial charge is 0.159 e. The number of aromatic nitrogens is 2. The van der Waals surface area contributed by atoms with Gasteiger partial charge in [0.1, 0.15) is 0 Å². The molecule has 0 saturated heterocycles. The summed E-state index contributed by atoms with van der Waals surface area (Å²) >= 11 is 0. The lowest BCUT2D eigenvalue weighted by Crippen LogP contribution is -2.03. The van der Waals surface area contributed by atoms with Crippen molar-refractivity contribution in [3.63, 3.8) is 0 Å². The minimum absolute atomic E-state index is 0.416. The van der Waals surface area contributed by atoms with Gasteiger partial charge in [-0.2, -0.15) is 0 Å². The molecule has 2 nitrogen and oxygen atoms in total. The van der Waals surface area contributed by atoms with Crippen LogP contribution in [-0.4, -0.2) is 9.97 Å². The van der Waals surface area contributed by atoms with E-state index >= 15 is 0 Å². The molecule has 0 amide bonds. The molecule has 1 heterocycles. The molecule has 0 radical (unpaired) electrons. The van der Waals surface area contributed by atoms with Crippen molar-refractivity contribution in [3.8, 4) is 11.4 Å². The minimum atomic E-state index is 0.416. The normalized spacial score (nSPS) is 11.4. The largest absolute Gasteiger partial charge is 0.233 e. The number of hydrogen-bond donors (Lipinski definition) is 0. The van der Waals surface area contributed by atoms with Crippen molar-refractivity contribution < 1.29 is 0 Å². The van der Waals surface area contributed by atoms with Crippen LogP contribution in [0, 0.1) is 6.92 Å². The van der Waals surface area contributed by atoms with Gasteiger partial charge >= 0.3 is 0 Å². The maximum absolute atomic E-state index is 4.79. The van der Waals surface area contributed by atoms with Crippen LogP contribution in [-0.2, 0) is 6.42 Å². The van der Waals surface area contributed by atoms with E-state index in [9.17, 15) is 0 Å². The van der Waals surface area contributed by atoms with Crippen molar-refractivity contribution in [2.24, 2.45) is 0 Å². The molecular weight excluding hydrogens is 256 g/mol. The van der Waals surface area contributed by atoms with Crippen LogP contribution < -0.4 is 0 Å². The Balaban J connectivity index is 2.59. The van der Waals surface area contributed by atoms with E-state index in [1.807, 2.05) is 0 Å². The zero-order valence-corrected chi connectivity index (χ0v) is 14.1. The van der Waals surface area contributed by atoms with Gasteiger partial charge in [-0.15, -0.1) is 0 Å². The summed E-state index contributed by atoms with van der Waals surface area (Å²) in [5.74, 6) is 1.70. The van der Waals surface area contributed by atoms with Crippen molar-refractivity contribution in [3.05, 3.63) is 46.8 Å². The molecule has 2 rings (SSSR count). The Morgan fingerprint density at radius 2 is 1.43 bits per heavy atom. The number of benzene rings is 1. The highest BCUT2D eigenvalue weighted by Crippen LogP contribution is 2.25. The quantitative estimate of drug-likeness (QED) is 0.764. The van der Waals surface area contributed by atoms with E-state index in [2.05, 4.69) is 65.8 Å². The van der Waals surface area contributed by atoms with Crippen molar-refractivity contribution in [1.82, 2.24) is 9.97 Å². The van der Waals surface area contributed by atoms with Crippen LogP contribution in [0.3, 0.4) is 0 Å². The van der Waals surface area contributed by atoms with Gasteiger partial charge in [0.25, 0.3) is 0 Å². The van der Waals surface area contributed by atoms with E-state index in [-0.39, 0.29) is 0 Å². The third-order valence-electron chi connectivity index (χ3n) is 3.75. The summed E-state index contributed by atoms with van der Waals surface area (Å²) < 4.78 is 0. The second kappa shape index (κ2) is 6.38. The first-order valence-electron chi connectivity index (χ1n) is 7.90. The van der Waals surface area contributed by atoms with Gasteiger partial charge in [-0.25, -0.2) is 9.97 Å². The molecule has 0 unspecified atom stereocenters. The van der Waals surface area contributed by atoms with E-state index in [0.29, 0.717) is 11.8 Å². The molecular formula is C19H26N2. The molecule has 21 heavy (non-hydrogen) atoms. The van der Waals surface area contributed by atoms with Crippen molar-refractivity contribution >= 4 is 0 Å². The van der Waals surface area contributed by atoms with Crippen LogP contribution in [0.5, 0.6) is 0 Å². The van der Waals surface area contributed by atoms with Gasteiger partial charge in [0.05, 0.1) is 0 Å². The van der Waals surface area contributed by atoms with E-state index in [1.165, 1.54) is 11.1 Å². The van der Waals surface area contributed by atoms with E-state index in [0.717, 1.165) is 29.2 Å². The summed E-state index contributed by atoms with van der Waals surface area (Å²) in [4.78, 5) is 9.58. The van der Waals surface area contributed by atoms with Gasteiger partial charge in [-0.05, 0) is 48.9 Å². The predicted octanol–water partition coefficient (Wildman–Crippen LogP) is 5.26. The van der Waals surface area contributed by atoms with Crippen LogP contribution in [0.1, 0.15) is 69.0 Å². The standard InChI is InChI=1S/C19H26N2/c1-7-15-8-14(6)9-16(10-15)19-20-17(12(2)3)11-18(21-19)13(4)5/h8-13H,7H2,1-6H3. The van der Waals surface area contributed by atoms with Gasteiger partial charge in [-0.3, -0.25) is 0 Å². The Labute approximate surface area is 128 Å². The number of rotatable bonds is 4. The van der Waals surface area contributed by atoms with Gasteiger partial charge in [0, 0.05) is 17.0 Å². The Bertz CT molecular complexity index is 601. The number of nitrogens with zero attached hydrogens (tertiary/aromatic N) is 2. The van der Waals surface area contributed by atoms with Crippen molar-refractivity contribution in [1.29, 1.82) is 0 Å². The van der Waals surface area contributed by atoms with E-state index < -0.39 is 0 Å². The SMILES string of the molecule is CCc1cc(C)cc(-c2nc(C(C)C)cc(C(C)C)n2)c1. The fraction of sp³-hybridized carbons (Fsp3) is 0.474. The third-order valence-corrected chi connectivity index (χ3v) is 3.75. The molecule has 0 spiro atoms. The first-order valence-corrected chi connectivity index (χ1v) is 7.90. The summed E-state index contributed by atoms with van der Waals surface area (Å²) in [6, 6.07) is 8.79. The third kappa shape index (κ3) is 3.69. The molecule has 112 valence electrons. The van der Waals surface area contributed by atoms with Gasteiger partial charge < -0.3 is 0 Å². The molecule has 0 bridgehead atoms. The molecule has 0 fully saturated rings. The maximum atomic E-state index is 4.79. The van der Waals surface area contributed by atoms with Gasteiger partial charge in [-0.1, -0.05) is 46.2 Å². The van der Waals surface area contributed by atoms with Crippen LogP contribution >= 0.6 is 0 Å². The number of hydrogen-bond acceptors (Lipinski definition) is 2. The zero-order valence-electron chi connectivity index (χ0n) is 14.1. The van der Waals surface area contributed by atoms with Crippen LogP contribution in [0.15, 0.2) is 24.3 Å². The zero-order chi connectivity index (χ0) is 15.6. The Morgan fingerprint density at radius 3 is 1.90 bits per heavy atom. The first-order chi connectivity index (χ1) is 9.90. The van der Waals surface area contributed by atoms with E-state index in [4.69, 9.17) is 9.97 Å². The van der Waals surface area contributed by atoms with E-state index in [1.54, 1.807) is 0 Å². The van der Waals surface area contributed by atoms with Crippen LogP contribution in [0.4, 0.5) is 0 Å². The summed E-state index contributed by atoms with van der Waals surface area (Å²) in [5, 5.41) is 0. The minimum Gasteiger partial charge on any atom is -0.233 e. The first kappa shape index (κ1) is 15.7. The lowest BCUT2D eigenvalue weighted by Gasteiger charge is -2.13. The van der Waals surface area contributed by atoms with Gasteiger partial charge in [0.15, 0.2) is 5.82 Å². The fourth-order valence-electron chi connectivity index (χ4n) is 2.40. The monoisotopic (exact) mass is 282 g/mol. The highest BCUT2D eigenvalue weighted by atomic mass is 14.9. The molecule has 2 heteroatoms. The highest BCUT2D eigenvalue weighted by molar-refractivity contribution is 5.58. The molecule has 0 aliphatic heterocycles. The summed E-state index contributed by atoms with van der Waals surface area (Å²) in [6.07, 6.45) is 1.04. The molecule has 0 N–H and O–H groups in total. The molecule has 2 aromatic rings. The maximum Gasteiger partial charge on any atom is 0.159 e. The molecule has 0 saturated carbocycles. The number of aryl methyl sites for hydroxylation is 2. The summed E-state index contributed by atoms with van der Waals surface area (Å²) in [5.41, 5.74) is 6.01. The predicted molar refractivity (Wildman–Crippen MR) is 89.8 cm³/mol. The summed E-state index contributed by atoms with van der Waals surface area (Å²) in [7, 11) is 0. The lowest BCUT2D eigenvalue weighted by atomic mass is 10.0. The molecule has 0 aliphatic rings. The fourth-order valence-corrected chi connectivity index (χ4v) is 2.40. The molecule has 1 aromatic heterocycles. The average molecular weight is 282 g/mol. The Morgan fingerprint density at radius 1 is 0.857 bits per heavy atom. The lowest BCUT2D eigenvalue weighted by molar-refractivity contribution is 0.771. The summed E-state index contributed by atoms with van der Waals surface area (Å²) in [6.45, 7) is 13.1. The highest BCUT2D eigenvalue weighted by Gasteiger charge is 2.12. The Hall–Kier alpha value is -1.70. The molecule has 0 aliphatic carbocycles. The van der Waals surface area contributed by atoms with Gasteiger partial charge in [0.2, 0.25) is 0 Å².